The van der Waals surface area contributed by atoms with Crippen molar-refractivity contribution in [3.05, 3.63) is 0 Å². The van der Waals surface area contributed by atoms with Crippen molar-refractivity contribution in [2.75, 3.05) is 44.7 Å². The molecular formula is C17H36N4O2S. The number of aliphatic imine (C=N–C) groups is 1. The van der Waals surface area contributed by atoms with Gasteiger partial charge in [-0.05, 0) is 65.1 Å². The Kier molecular flexibility index (Phi) is 9.66. The molecule has 7 heteroatoms. The summed E-state index contributed by atoms with van der Waals surface area (Å²) in [6.45, 7) is 11.5. The average Bonchev–Trinajstić information content (AvgIpc) is 2.52. The lowest BCUT2D eigenvalue weighted by Gasteiger charge is -2.31. The van der Waals surface area contributed by atoms with Crippen LogP contribution in [-0.4, -0.2) is 70.1 Å². The van der Waals surface area contributed by atoms with Gasteiger partial charge in [0.15, 0.2) is 5.96 Å². The molecule has 1 heterocycles. The molecule has 1 fully saturated rings. The minimum absolute atomic E-state index is 0.0870. The Hall–Kier alpha value is -0.820. The maximum Gasteiger partial charge on any atom is 0.191 e. The van der Waals surface area contributed by atoms with Crippen LogP contribution >= 0.6 is 0 Å². The summed E-state index contributed by atoms with van der Waals surface area (Å²) in [7, 11) is -2.91. The molecule has 0 spiro atoms. The van der Waals surface area contributed by atoms with Gasteiger partial charge in [-0.1, -0.05) is 6.92 Å². The van der Waals surface area contributed by atoms with Gasteiger partial charge >= 0.3 is 0 Å². The van der Waals surface area contributed by atoms with Crippen molar-refractivity contribution in [3.63, 3.8) is 0 Å². The zero-order valence-electron chi connectivity index (χ0n) is 15.8. The van der Waals surface area contributed by atoms with E-state index in [1.165, 1.54) is 45.2 Å². The number of nitrogens with zero attached hydrogens (tertiary/aromatic N) is 2. The second-order valence-electron chi connectivity index (χ2n) is 6.97. The van der Waals surface area contributed by atoms with Crippen molar-refractivity contribution in [3.8, 4) is 0 Å². The first-order chi connectivity index (χ1) is 11.3. The fourth-order valence-electron chi connectivity index (χ4n) is 2.95. The third-order valence-electron chi connectivity index (χ3n) is 4.40. The van der Waals surface area contributed by atoms with E-state index in [9.17, 15) is 8.42 Å². The Morgan fingerprint density at radius 2 is 1.96 bits per heavy atom. The predicted molar refractivity (Wildman–Crippen MR) is 102 cm³/mol. The highest BCUT2D eigenvalue weighted by Crippen LogP contribution is 2.17. The van der Waals surface area contributed by atoms with E-state index in [0.29, 0.717) is 12.3 Å². The van der Waals surface area contributed by atoms with Crippen LogP contribution in [0.3, 0.4) is 0 Å². The molecule has 1 saturated heterocycles. The Labute approximate surface area is 148 Å². The van der Waals surface area contributed by atoms with E-state index in [2.05, 4.69) is 22.5 Å². The second-order valence-corrected chi connectivity index (χ2v) is 9.23. The van der Waals surface area contributed by atoms with Gasteiger partial charge in [0.2, 0.25) is 0 Å². The SMILES string of the molecule is CCCN1CCC(CN=C(NCC)NC(C)CCS(C)(=O)=O)CC1. The van der Waals surface area contributed by atoms with E-state index in [0.717, 1.165) is 19.0 Å². The van der Waals surface area contributed by atoms with Gasteiger partial charge in [0.25, 0.3) is 0 Å². The van der Waals surface area contributed by atoms with Gasteiger partial charge in [-0.2, -0.15) is 0 Å². The summed E-state index contributed by atoms with van der Waals surface area (Å²) >= 11 is 0. The average molecular weight is 361 g/mol. The molecule has 6 nitrogen and oxygen atoms in total. The van der Waals surface area contributed by atoms with Crippen molar-refractivity contribution in [1.82, 2.24) is 15.5 Å². The Morgan fingerprint density at radius 3 is 2.50 bits per heavy atom. The van der Waals surface area contributed by atoms with E-state index < -0.39 is 9.84 Å². The van der Waals surface area contributed by atoms with Crippen molar-refractivity contribution >= 4 is 15.8 Å². The molecule has 1 rings (SSSR count). The summed E-state index contributed by atoms with van der Waals surface area (Å²) in [5.74, 6) is 1.66. The zero-order chi connectivity index (χ0) is 18.0. The molecule has 0 aliphatic carbocycles. The summed E-state index contributed by atoms with van der Waals surface area (Å²) in [6, 6.07) is 0.0870. The van der Waals surface area contributed by atoms with Gasteiger partial charge in [-0.25, -0.2) is 8.42 Å². The number of nitrogens with one attached hydrogen (secondary N) is 2. The summed E-state index contributed by atoms with van der Waals surface area (Å²) in [5, 5.41) is 6.58. The minimum atomic E-state index is -2.91. The molecule has 142 valence electrons. The van der Waals surface area contributed by atoms with Crippen LogP contribution in [0.1, 0.15) is 46.5 Å². The van der Waals surface area contributed by atoms with Crippen LogP contribution in [0.5, 0.6) is 0 Å². The van der Waals surface area contributed by atoms with Crippen LogP contribution in [0, 0.1) is 5.92 Å². The Balaban J connectivity index is 2.42. The molecule has 0 radical (unpaired) electrons. The van der Waals surface area contributed by atoms with E-state index in [1.54, 1.807) is 0 Å². The number of likely N-dealkylation sites (tertiary alicyclic amines) is 1. The third kappa shape index (κ3) is 9.47. The number of guanidine groups is 1. The largest absolute Gasteiger partial charge is 0.357 e. The summed E-state index contributed by atoms with van der Waals surface area (Å²) in [5.41, 5.74) is 0. The number of rotatable bonds is 9. The molecule has 0 aromatic rings. The minimum Gasteiger partial charge on any atom is -0.357 e. The van der Waals surface area contributed by atoms with Gasteiger partial charge in [-0.3, -0.25) is 4.99 Å². The van der Waals surface area contributed by atoms with E-state index in [4.69, 9.17) is 4.99 Å². The molecule has 1 aliphatic heterocycles. The summed E-state index contributed by atoms with van der Waals surface area (Å²) < 4.78 is 22.5. The van der Waals surface area contributed by atoms with Gasteiger partial charge in [0, 0.05) is 25.4 Å². The molecule has 0 amide bonds. The first kappa shape index (κ1) is 21.2. The molecule has 0 aromatic carbocycles. The first-order valence-electron chi connectivity index (χ1n) is 9.29. The molecule has 0 bridgehead atoms. The molecule has 1 unspecified atom stereocenters. The number of piperidine rings is 1. The maximum absolute atomic E-state index is 11.3. The lowest BCUT2D eigenvalue weighted by Crippen LogP contribution is -2.43. The quantitative estimate of drug-likeness (QED) is 0.481. The van der Waals surface area contributed by atoms with Crippen molar-refractivity contribution in [2.45, 2.75) is 52.5 Å². The van der Waals surface area contributed by atoms with Crippen LogP contribution < -0.4 is 10.6 Å². The van der Waals surface area contributed by atoms with E-state index >= 15 is 0 Å². The van der Waals surface area contributed by atoms with Crippen molar-refractivity contribution < 1.29 is 8.42 Å². The van der Waals surface area contributed by atoms with Gasteiger partial charge in [0.1, 0.15) is 9.84 Å². The number of sulfone groups is 1. The lowest BCUT2D eigenvalue weighted by atomic mass is 9.97. The Bertz CT molecular complexity index is 471. The monoisotopic (exact) mass is 360 g/mol. The van der Waals surface area contributed by atoms with Crippen LogP contribution in [0.2, 0.25) is 0 Å². The summed E-state index contributed by atoms with van der Waals surface area (Å²) in [4.78, 5) is 7.26. The molecule has 0 saturated carbocycles. The molecule has 0 aromatic heterocycles. The van der Waals surface area contributed by atoms with Crippen LogP contribution in [-0.2, 0) is 9.84 Å². The van der Waals surface area contributed by atoms with Gasteiger partial charge in [-0.15, -0.1) is 0 Å². The van der Waals surface area contributed by atoms with Crippen molar-refractivity contribution in [1.29, 1.82) is 0 Å². The molecular weight excluding hydrogens is 324 g/mol. The lowest BCUT2D eigenvalue weighted by molar-refractivity contribution is 0.188. The third-order valence-corrected chi connectivity index (χ3v) is 5.38. The number of hydrogen-bond donors (Lipinski definition) is 2. The highest BCUT2D eigenvalue weighted by Gasteiger charge is 2.18. The molecule has 24 heavy (non-hydrogen) atoms. The van der Waals surface area contributed by atoms with Gasteiger partial charge in [0.05, 0.1) is 5.75 Å². The molecule has 2 N–H and O–H groups in total. The topological polar surface area (TPSA) is 73.8 Å². The Morgan fingerprint density at radius 1 is 1.29 bits per heavy atom. The second kappa shape index (κ2) is 10.9. The fraction of sp³-hybridized carbons (Fsp3) is 0.941. The van der Waals surface area contributed by atoms with E-state index in [1.807, 2.05) is 13.8 Å². The van der Waals surface area contributed by atoms with Crippen LogP contribution in [0.25, 0.3) is 0 Å². The standard InChI is InChI=1S/C17H36N4O2S/c1-5-10-21-11-7-16(8-12-21)14-19-17(18-6-2)20-15(3)9-13-24(4,22)23/h15-16H,5-14H2,1-4H3,(H2,18,19,20). The zero-order valence-corrected chi connectivity index (χ0v) is 16.7. The van der Waals surface area contributed by atoms with Crippen molar-refractivity contribution in [2.24, 2.45) is 10.9 Å². The first-order valence-corrected chi connectivity index (χ1v) is 11.3. The molecule has 1 aliphatic rings. The molecule has 1 atom stereocenters. The van der Waals surface area contributed by atoms with Gasteiger partial charge < -0.3 is 15.5 Å². The smallest absolute Gasteiger partial charge is 0.191 e. The fourth-order valence-corrected chi connectivity index (χ4v) is 3.73. The normalized spacial score (nSPS) is 19.2. The van der Waals surface area contributed by atoms with E-state index in [-0.39, 0.29) is 11.8 Å². The highest BCUT2D eigenvalue weighted by atomic mass is 32.2. The predicted octanol–water partition coefficient (Wildman–Crippen LogP) is 1.49. The summed E-state index contributed by atoms with van der Waals surface area (Å²) in [6.07, 6.45) is 5.53. The van der Waals surface area contributed by atoms with Crippen LogP contribution in [0.4, 0.5) is 0 Å². The number of hydrogen-bond acceptors (Lipinski definition) is 4. The highest BCUT2D eigenvalue weighted by molar-refractivity contribution is 7.90. The van der Waals surface area contributed by atoms with Crippen LogP contribution in [0.15, 0.2) is 4.99 Å². The maximum atomic E-state index is 11.3.